The fourth-order valence-corrected chi connectivity index (χ4v) is 3.99. The van der Waals surface area contributed by atoms with E-state index in [1.54, 1.807) is 11.8 Å². The average Bonchev–Trinajstić information content (AvgIpc) is 2.44. The van der Waals surface area contributed by atoms with E-state index in [-0.39, 0.29) is 23.0 Å². The van der Waals surface area contributed by atoms with Crippen molar-refractivity contribution in [3.8, 4) is 11.8 Å². The largest absolute Gasteiger partial charge is 0.320 e. The zero-order chi connectivity index (χ0) is 15.9. The second kappa shape index (κ2) is 8.39. The smallest absolute Gasteiger partial charge is 0.242 e. The number of benzene rings is 1. The third kappa shape index (κ3) is 5.32. The number of hydrogen-bond acceptors (Lipinski definition) is 4. The van der Waals surface area contributed by atoms with Gasteiger partial charge in [0, 0.05) is 17.4 Å². The van der Waals surface area contributed by atoms with Crippen molar-refractivity contribution in [3.63, 3.8) is 0 Å². The molecule has 0 aliphatic carbocycles. The molecular formula is C14H19FN2O2S2. The van der Waals surface area contributed by atoms with E-state index < -0.39 is 15.8 Å². The highest BCUT2D eigenvalue weighted by atomic mass is 32.2. The van der Waals surface area contributed by atoms with Gasteiger partial charge in [-0.25, -0.2) is 17.5 Å². The zero-order valence-corrected chi connectivity index (χ0v) is 13.7. The topological polar surface area (TPSA) is 72.2 Å². The number of halogens is 1. The summed E-state index contributed by atoms with van der Waals surface area (Å²) in [6.45, 7) is 1.98. The number of sulfonamides is 1. The molecule has 1 rings (SSSR count). The molecule has 21 heavy (non-hydrogen) atoms. The zero-order valence-electron chi connectivity index (χ0n) is 12.0. The normalized spacial score (nSPS) is 12.6. The van der Waals surface area contributed by atoms with E-state index in [1.165, 1.54) is 6.07 Å². The van der Waals surface area contributed by atoms with Gasteiger partial charge in [0.05, 0.1) is 11.4 Å². The third-order valence-corrected chi connectivity index (χ3v) is 5.05. The maximum absolute atomic E-state index is 13.3. The molecule has 0 bridgehead atoms. The van der Waals surface area contributed by atoms with Crippen LogP contribution in [0.15, 0.2) is 23.1 Å². The van der Waals surface area contributed by atoms with Crippen LogP contribution in [0.5, 0.6) is 0 Å². The molecule has 1 atom stereocenters. The summed E-state index contributed by atoms with van der Waals surface area (Å²) in [5.41, 5.74) is 5.40. The highest BCUT2D eigenvalue weighted by Crippen LogP contribution is 2.17. The average molecular weight is 330 g/mol. The van der Waals surface area contributed by atoms with Crippen molar-refractivity contribution >= 4 is 21.8 Å². The number of nitrogens with one attached hydrogen (secondary N) is 1. The monoisotopic (exact) mass is 330 g/mol. The van der Waals surface area contributed by atoms with Crippen LogP contribution in [0, 0.1) is 17.7 Å². The summed E-state index contributed by atoms with van der Waals surface area (Å²) in [6.07, 6.45) is 2.58. The van der Waals surface area contributed by atoms with Crippen molar-refractivity contribution in [3.05, 3.63) is 29.6 Å². The second-order valence-electron chi connectivity index (χ2n) is 4.33. The Morgan fingerprint density at radius 2 is 2.19 bits per heavy atom. The van der Waals surface area contributed by atoms with E-state index in [9.17, 15) is 12.8 Å². The molecule has 0 aromatic heterocycles. The minimum atomic E-state index is -3.74. The first kappa shape index (κ1) is 18.0. The molecule has 4 nitrogen and oxygen atoms in total. The summed E-state index contributed by atoms with van der Waals surface area (Å²) < 4.78 is 40.8. The Hall–Kier alpha value is -1.07. The molecule has 116 valence electrons. The van der Waals surface area contributed by atoms with Crippen LogP contribution in [-0.4, -0.2) is 33.0 Å². The van der Waals surface area contributed by atoms with Crippen LogP contribution in [0.3, 0.4) is 0 Å². The van der Waals surface area contributed by atoms with Crippen molar-refractivity contribution in [2.24, 2.45) is 5.73 Å². The SMILES string of the molecule is CCC(CSC)NS(=O)(=O)c1ccc(F)cc1C#CCN. The van der Waals surface area contributed by atoms with Gasteiger partial charge in [0.25, 0.3) is 0 Å². The number of hydrogen-bond donors (Lipinski definition) is 2. The van der Waals surface area contributed by atoms with E-state index in [2.05, 4.69) is 16.6 Å². The van der Waals surface area contributed by atoms with Gasteiger partial charge in [-0.2, -0.15) is 11.8 Å². The van der Waals surface area contributed by atoms with Gasteiger partial charge in [-0.1, -0.05) is 18.8 Å². The van der Waals surface area contributed by atoms with Crippen molar-refractivity contribution in [2.45, 2.75) is 24.3 Å². The Labute approximate surface area is 129 Å². The summed E-state index contributed by atoms with van der Waals surface area (Å²) in [4.78, 5) is -0.0237. The van der Waals surface area contributed by atoms with Gasteiger partial charge in [0.2, 0.25) is 10.0 Å². The molecule has 0 radical (unpaired) electrons. The lowest BCUT2D eigenvalue weighted by molar-refractivity contribution is 0.557. The fourth-order valence-electron chi connectivity index (χ4n) is 1.70. The Kier molecular flexibility index (Phi) is 7.18. The van der Waals surface area contributed by atoms with Crippen LogP contribution in [0.4, 0.5) is 4.39 Å². The van der Waals surface area contributed by atoms with Crippen LogP contribution < -0.4 is 10.5 Å². The van der Waals surface area contributed by atoms with Gasteiger partial charge in [0.1, 0.15) is 5.82 Å². The van der Waals surface area contributed by atoms with Gasteiger partial charge in [0.15, 0.2) is 0 Å². The van der Waals surface area contributed by atoms with Gasteiger partial charge in [-0.3, -0.25) is 0 Å². The minimum Gasteiger partial charge on any atom is -0.320 e. The lowest BCUT2D eigenvalue weighted by Gasteiger charge is -2.16. The van der Waals surface area contributed by atoms with Crippen LogP contribution in [0.2, 0.25) is 0 Å². The molecule has 1 aromatic rings. The van der Waals surface area contributed by atoms with Gasteiger partial charge < -0.3 is 5.73 Å². The number of nitrogens with two attached hydrogens (primary N) is 1. The van der Waals surface area contributed by atoms with Gasteiger partial charge in [-0.05, 0) is 30.9 Å². The Morgan fingerprint density at radius 3 is 2.76 bits per heavy atom. The van der Waals surface area contributed by atoms with Crippen LogP contribution in [-0.2, 0) is 10.0 Å². The Morgan fingerprint density at radius 1 is 1.48 bits per heavy atom. The standard InChI is InChI=1S/C14H19FN2O2S2/c1-3-13(10-20-2)17-21(18,19)14-7-6-12(15)9-11(14)5-4-8-16/h6-7,9,13,17H,3,8,10,16H2,1-2H3. The molecular weight excluding hydrogens is 311 g/mol. The first-order valence-corrected chi connectivity index (χ1v) is 9.32. The second-order valence-corrected chi connectivity index (χ2v) is 6.92. The highest BCUT2D eigenvalue weighted by molar-refractivity contribution is 7.98. The molecule has 1 aromatic carbocycles. The molecule has 0 heterocycles. The third-order valence-electron chi connectivity index (χ3n) is 2.74. The molecule has 0 aliphatic heterocycles. The fraction of sp³-hybridized carbons (Fsp3) is 0.429. The number of rotatable bonds is 6. The van der Waals surface area contributed by atoms with E-state index in [0.29, 0.717) is 12.2 Å². The first-order valence-electron chi connectivity index (χ1n) is 6.44. The van der Waals surface area contributed by atoms with E-state index >= 15 is 0 Å². The molecule has 1 unspecified atom stereocenters. The van der Waals surface area contributed by atoms with Gasteiger partial charge in [-0.15, -0.1) is 0 Å². The lowest BCUT2D eigenvalue weighted by atomic mass is 10.2. The molecule has 0 aliphatic rings. The summed E-state index contributed by atoms with van der Waals surface area (Å²) in [5, 5.41) is 0. The quantitative estimate of drug-likeness (QED) is 0.777. The Balaban J connectivity index is 3.18. The number of thioether (sulfide) groups is 1. The molecule has 0 spiro atoms. The highest BCUT2D eigenvalue weighted by Gasteiger charge is 2.21. The van der Waals surface area contributed by atoms with Crippen molar-refractivity contribution in [2.75, 3.05) is 18.6 Å². The summed E-state index contributed by atoms with van der Waals surface area (Å²) in [5.74, 6) is 5.29. The molecule has 0 saturated carbocycles. The molecule has 7 heteroatoms. The molecule has 0 saturated heterocycles. The van der Waals surface area contributed by atoms with Crippen molar-refractivity contribution in [1.82, 2.24) is 4.72 Å². The van der Waals surface area contributed by atoms with Crippen LogP contribution in [0.1, 0.15) is 18.9 Å². The minimum absolute atomic E-state index is 0.0237. The molecule has 0 fully saturated rings. The summed E-state index contributed by atoms with van der Waals surface area (Å²) in [6, 6.07) is 3.26. The van der Waals surface area contributed by atoms with Crippen molar-refractivity contribution < 1.29 is 12.8 Å². The van der Waals surface area contributed by atoms with Crippen LogP contribution in [0.25, 0.3) is 0 Å². The maximum Gasteiger partial charge on any atom is 0.242 e. The first-order chi connectivity index (χ1) is 9.94. The van der Waals surface area contributed by atoms with E-state index in [0.717, 1.165) is 12.1 Å². The molecule has 0 amide bonds. The van der Waals surface area contributed by atoms with Gasteiger partial charge >= 0.3 is 0 Å². The predicted molar refractivity (Wildman–Crippen MR) is 85.1 cm³/mol. The van der Waals surface area contributed by atoms with E-state index in [1.807, 2.05) is 13.2 Å². The summed E-state index contributed by atoms with van der Waals surface area (Å²) in [7, 11) is -3.74. The lowest BCUT2D eigenvalue weighted by Crippen LogP contribution is -2.36. The summed E-state index contributed by atoms with van der Waals surface area (Å²) >= 11 is 1.56. The predicted octanol–water partition coefficient (Wildman–Crippen LogP) is 1.56. The van der Waals surface area contributed by atoms with E-state index in [4.69, 9.17) is 5.73 Å². The van der Waals surface area contributed by atoms with Crippen LogP contribution >= 0.6 is 11.8 Å². The van der Waals surface area contributed by atoms with Crippen molar-refractivity contribution in [1.29, 1.82) is 0 Å². The Bertz CT molecular complexity index is 636. The molecule has 3 N–H and O–H groups in total. The maximum atomic E-state index is 13.3.